The van der Waals surface area contributed by atoms with Gasteiger partial charge in [-0.3, -0.25) is 9.59 Å². The lowest BCUT2D eigenvalue weighted by Gasteiger charge is -2.20. The van der Waals surface area contributed by atoms with Crippen molar-refractivity contribution in [2.24, 2.45) is 0 Å². The number of rotatable bonds is 5. The van der Waals surface area contributed by atoms with Gasteiger partial charge in [0, 0.05) is 25.6 Å². The first-order valence-corrected chi connectivity index (χ1v) is 6.42. The third kappa shape index (κ3) is 5.64. The Morgan fingerprint density at radius 1 is 1.20 bits per heavy atom. The van der Waals surface area contributed by atoms with Crippen LogP contribution in [-0.2, 0) is 4.79 Å². The maximum absolute atomic E-state index is 11.6. The fourth-order valence-corrected chi connectivity index (χ4v) is 1.46. The van der Waals surface area contributed by atoms with Gasteiger partial charge in [-0.25, -0.2) is 0 Å². The summed E-state index contributed by atoms with van der Waals surface area (Å²) in [7, 11) is 1.53. The third-order valence-electron chi connectivity index (χ3n) is 2.30. The second-order valence-corrected chi connectivity index (χ2v) is 5.36. The van der Waals surface area contributed by atoms with Gasteiger partial charge in [-0.1, -0.05) is 0 Å². The second kappa shape index (κ2) is 6.83. The molecule has 110 valence electrons. The van der Waals surface area contributed by atoms with Gasteiger partial charge in [0.2, 0.25) is 5.91 Å². The summed E-state index contributed by atoms with van der Waals surface area (Å²) < 4.78 is 0. The molecule has 0 saturated heterocycles. The molecular formula is C13H21N5O2. The molecule has 1 aromatic rings. The molecular weight excluding hydrogens is 258 g/mol. The summed E-state index contributed by atoms with van der Waals surface area (Å²) in [5.41, 5.74) is 0.0232. The van der Waals surface area contributed by atoms with Gasteiger partial charge in [0.15, 0.2) is 5.69 Å². The zero-order valence-corrected chi connectivity index (χ0v) is 12.3. The first kappa shape index (κ1) is 15.9. The van der Waals surface area contributed by atoms with Crippen molar-refractivity contribution in [1.82, 2.24) is 20.8 Å². The highest BCUT2D eigenvalue weighted by molar-refractivity contribution is 5.91. The average Bonchev–Trinajstić information content (AvgIpc) is 2.36. The van der Waals surface area contributed by atoms with E-state index in [1.54, 1.807) is 12.1 Å². The predicted molar refractivity (Wildman–Crippen MR) is 76.4 cm³/mol. The first-order valence-electron chi connectivity index (χ1n) is 6.42. The Kier molecular flexibility index (Phi) is 5.42. The van der Waals surface area contributed by atoms with E-state index in [-0.39, 0.29) is 23.0 Å². The van der Waals surface area contributed by atoms with Gasteiger partial charge in [-0.2, -0.15) is 0 Å². The van der Waals surface area contributed by atoms with Crippen LogP contribution in [-0.4, -0.2) is 41.1 Å². The molecule has 1 heterocycles. The lowest BCUT2D eigenvalue weighted by molar-refractivity contribution is -0.122. The van der Waals surface area contributed by atoms with Gasteiger partial charge in [0.1, 0.15) is 5.82 Å². The molecule has 2 amide bonds. The van der Waals surface area contributed by atoms with Crippen LogP contribution in [0.3, 0.4) is 0 Å². The predicted octanol–water partition coefficient (Wildman–Crippen LogP) is 0.553. The molecule has 1 rings (SSSR count). The number of carbonyl (C=O) groups is 2. The quantitative estimate of drug-likeness (QED) is 0.731. The van der Waals surface area contributed by atoms with E-state index in [0.29, 0.717) is 18.8 Å². The molecule has 0 aliphatic carbocycles. The Labute approximate surface area is 118 Å². The monoisotopic (exact) mass is 279 g/mol. The van der Waals surface area contributed by atoms with Crippen LogP contribution in [0.4, 0.5) is 5.82 Å². The lowest BCUT2D eigenvalue weighted by atomic mass is 10.1. The highest BCUT2D eigenvalue weighted by Crippen LogP contribution is 2.03. The average molecular weight is 279 g/mol. The number of hydrogen-bond acceptors (Lipinski definition) is 5. The molecule has 1 aromatic heterocycles. The molecule has 0 atom stereocenters. The molecule has 7 heteroatoms. The number of amides is 2. The van der Waals surface area contributed by atoms with Crippen molar-refractivity contribution in [2.75, 3.05) is 18.9 Å². The summed E-state index contributed by atoms with van der Waals surface area (Å²) in [6, 6.07) is 3.22. The van der Waals surface area contributed by atoms with Crippen LogP contribution >= 0.6 is 0 Å². The largest absolute Gasteiger partial charge is 0.368 e. The Balaban J connectivity index is 2.39. The fraction of sp³-hybridized carbons (Fsp3) is 0.538. The number of hydrogen-bond donors (Lipinski definition) is 3. The summed E-state index contributed by atoms with van der Waals surface area (Å²) in [5.74, 6) is 0.217. The molecule has 0 radical (unpaired) electrons. The molecule has 0 aliphatic rings. The van der Waals surface area contributed by atoms with Crippen LogP contribution in [0.1, 0.15) is 37.7 Å². The van der Waals surface area contributed by atoms with Crippen LogP contribution in [0, 0.1) is 0 Å². The van der Waals surface area contributed by atoms with Crippen molar-refractivity contribution < 1.29 is 9.59 Å². The Hall–Kier alpha value is -2.18. The number of aromatic nitrogens is 2. The number of nitrogens with one attached hydrogen (secondary N) is 3. The highest BCUT2D eigenvalue weighted by Gasteiger charge is 2.13. The summed E-state index contributed by atoms with van der Waals surface area (Å²) in [6.45, 7) is 6.25. The summed E-state index contributed by atoms with van der Waals surface area (Å²) in [6.07, 6.45) is 0.343. The number of anilines is 1. The zero-order chi connectivity index (χ0) is 15.2. The first-order chi connectivity index (χ1) is 9.31. The zero-order valence-electron chi connectivity index (χ0n) is 12.3. The van der Waals surface area contributed by atoms with Crippen molar-refractivity contribution >= 4 is 17.6 Å². The van der Waals surface area contributed by atoms with E-state index in [1.807, 2.05) is 20.8 Å². The molecule has 7 nitrogen and oxygen atoms in total. The smallest absolute Gasteiger partial charge is 0.271 e. The normalized spacial score (nSPS) is 10.8. The molecule has 3 N–H and O–H groups in total. The number of carbonyl (C=O) groups excluding carboxylic acids is 2. The van der Waals surface area contributed by atoms with E-state index in [9.17, 15) is 9.59 Å². The van der Waals surface area contributed by atoms with Gasteiger partial charge in [-0.05, 0) is 32.9 Å². The summed E-state index contributed by atoms with van der Waals surface area (Å²) >= 11 is 0. The molecule has 0 unspecified atom stereocenters. The maximum Gasteiger partial charge on any atom is 0.271 e. The minimum atomic E-state index is -0.284. The highest BCUT2D eigenvalue weighted by atomic mass is 16.2. The van der Waals surface area contributed by atoms with E-state index < -0.39 is 0 Å². The Bertz CT molecular complexity index is 465. The van der Waals surface area contributed by atoms with E-state index in [4.69, 9.17) is 0 Å². The molecule has 0 bridgehead atoms. The van der Waals surface area contributed by atoms with Gasteiger partial charge in [-0.15, -0.1) is 10.2 Å². The van der Waals surface area contributed by atoms with Crippen LogP contribution in [0.25, 0.3) is 0 Å². The van der Waals surface area contributed by atoms with E-state index >= 15 is 0 Å². The molecule has 0 fully saturated rings. The molecule has 0 aliphatic heterocycles. The maximum atomic E-state index is 11.6. The third-order valence-corrected chi connectivity index (χ3v) is 2.30. The van der Waals surface area contributed by atoms with E-state index in [2.05, 4.69) is 26.1 Å². The summed E-state index contributed by atoms with van der Waals surface area (Å²) in [5, 5.41) is 16.0. The lowest BCUT2D eigenvalue weighted by Crippen LogP contribution is -2.41. The van der Waals surface area contributed by atoms with Gasteiger partial charge < -0.3 is 16.0 Å². The fourth-order valence-electron chi connectivity index (χ4n) is 1.46. The van der Waals surface area contributed by atoms with Gasteiger partial charge in [0.25, 0.3) is 5.91 Å². The van der Waals surface area contributed by atoms with Gasteiger partial charge >= 0.3 is 0 Å². The van der Waals surface area contributed by atoms with Crippen molar-refractivity contribution in [3.8, 4) is 0 Å². The summed E-state index contributed by atoms with van der Waals surface area (Å²) in [4.78, 5) is 22.9. The SMILES string of the molecule is CNC(=O)c1ccc(NCCC(=O)NC(C)(C)C)nn1. The van der Waals surface area contributed by atoms with Crippen LogP contribution in [0.5, 0.6) is 0 Å². The van der Waals surface area contributed by atoms with E-state index in [0.717, 1.165) is 0 Å². The van der Waals surface area contributed by atoms with Crippen molar-refractivity contribution in [3.05, 3.63) is 17.8 Å². The minimum absolute atomic E-state index is 0.0278. The Morgan fingerprint density at radius 3 is 2.40 bits per heavy atom. The van der Waals surface area contributed by atoms with E-state index in [1.165, 1.54) is 7.05 Å². The van der Waals surface area contributed by atoms with Crippen molar-refractivity contribution in [2.45, 2.75) is 32.7 Å². The minimum Gasteiger partial charge on any atom is -0.368 e. The second-order valence-electron chi connectivity index (χ2n) is 5.36. The van der Waals surface area contributed by atoms with Crippen LogP contribution in [0.15, 0.2) is 12.1 Å². The standard InChI is InChI=1S/C13H21N5O2/c1-13(2,3)16-11(19)7-8-15-10-6-5-9(17-18-10)12(20)14-4/h5-6H,7-8H2,1-4H3,(H,14,20)(H,15,18)(H,16,19). The molecule has 0 saturated carbocycles. The van der Waals surface area contributed by atoms with Gasteiger partial charge in [0.05, 0.1) is 0 Å². The molecule has 20 heavy (non-hydrogen) atoms. The topological polar surface area (TPSA) is 96.0 Å². The van der Waals surface area contributed by atoms with Crippen LogP contribution in [0.2, 0.25) is 0 Å². The van der Waals surface area contributed by atoms with Crippen molar-refractivity contribution in [1.29, 1.82) is 0 Å². The number of nitrogens with zero attached hydrogens (tertiary/aromatic N) is 2. The van der Waals surface area contributed by atoms with Crippen LogP contribution < -0.4 is 16.0 Å². The van der Waals surface area contributed by atoms with Crippen molar-refractivity contribution in [3.63, 3.8) is 0 Å². The molecule has 0 aromatic carbocycles. The molecule has 0 spiro atoms. The Morgan fingerprint density at radius 2 is 1.90 bits per heavy atom.